The fourth-order valence-corrected chi connectivity index (χ4v) is 3.56. The number of nitrogens with one attached hydrogen (secondary N) is 1. The molecule has 0 saturated heterocycles. The summed E-state index contributed by atoms with van der Waals surface area (Å²) in [5.41, 5.74) is 2.11. The minimum atomic E-state index is -0.388. The molecule has 8 heteroatoms. The Morgan fingerprint density at radius 3 is 2.79 bits per heavy atom. The second-order valence-corrected chi connectivity index (χ2v) is 6.99. The fraction of sp³-hybridized carbons (Fsp3) is 0.250. The number of benzene rings is 2. The van der Waals surface area contributed by atoms with Crippen LogP contribution in [0.5, 0.6) is 5.75 Å². The predicted molar refractivity (Wildman–Crippen MR) is 108 cm³/mol. The zero-order valence-electron chi connectivity index (χ0n) is 15.9. The van der Waals surface area contributed by atoms with Gasteiger partial charge >= 0.3 is 0 Å². The molecule has 3 aromatic rings. The molecule has 0 saturated carbocycles. The zero-order valence-corrected chi connectivity index (χ0v) is 16.7. The maximum Gasteiger partial charge on any atom is 0.234 e. The lowest BCUT2D eigenvalue weighted by Crippen LogP contribution is -2.15. The van der Waals surface area contributed by atoms with Gasteiger partial charge in [0, 0.05) is 12.2 Å². The van der Waals surface area contributed by atoms with Crippen LogP contribution in [0.15, 0.2) is 47.6 Å². The van der Waals surface area contributed by atoms with E-state index in [1.165, 1.54) is 23.9 Å². The third-order valence-corrected chi connectivity index (χ3v) is 5.15. The number of amides is 1. The molecule has 1 N–H and O–H groups in total. The summed E-state index contributed by atoms with van der Waals surface area (Å²) in [7, 11) is 1.61. The van der Waals surface area contributed by atoms with Gasteiger partial charge in [0.15, 0.2) is 11.0 Å². The minimum Gasteiger partial charge on any atom is -0.496 e. The molecule has 0 atom stereocenters. The number of halogens is 1. The van der Waals surface area contributed by atoms with Crippen molar-refractivity contribution in [3.05, 3.63) is 53.8 Å². The average molecular weight is 400 g/mol. The minimum absolute atomic E-state index is 0.139. The van der Waals surface area contributed by atoms with Crippen LogP contribution in [0.2, 0.25) is 0 Å². The summed E-state index contributed by atoms with van der Waals surface area (Å²) in [5.74, 6) is 0.910. The lowest BCUT2D eigenvalue weighted by Gasteiger charge is -2.11. The van der Waals surface area contributed by atoms with Crippen molar-refractivity contribution in [2.75, 3.05) is 18.2 Å². The quantitative estimate of drug-likeness (QED) is 0.604. The zero-order chi connectivity index (χ0) is 20.1. The Morgan fingerprint density at radius 2 is 2.04 bits per heavy atom. The molecule has 2 aromatic carbocycles. The van der Waals surface area contributed by atoms with Gasteiger partial charge in [0.05, 0.1) is 18.4 Å². The molecule has 0 bridgehead atoms. The normalized spacial score (nSPS) is 10.7. The van der Waals surface area contributed by atoms with Crippen LogP contribution in [0.1, 0.15) is 12.5 Å². The van der Waals surface area contributed by atoms with Gasteiger partial charge in [-0.15, -0.1) is 10.2 Å². The number of hydrogen-bond acceptors (Lipinski definition) is 5. The van der Waals surface area contributed by atoms with Crippen LogP contribution < -0.4 is 10.1 Å². The van der Waals surface area contributed by atoms with Gasteiger partial charge in [-0.2, -0.15) is 0 Å². The first-order valence-corrected chi connectivity index (χ1v) is 9.77. The van der Waals surface area contributed by atoms with Gasteiger partial charge < -0.3 is 14.6 Å². The highest BCUT2D eigenvalue weighted by Gasteiger charge is 2.17. The first-order valence-electron chi connectivity index (χ1n) is 8.78. The SMILES string of the molecule is CCn1c(SCC(=O)Nc2cc(F)ccc2C)nnc1-c1ccccc1OC. The molecule has 0 radical (unpaired) electrons. The van der Waals surface area contributed by atoms with E-state index in [4.69, 9.17) is 4.74 Å². The number of hydrogen-bond donors (Lipinski definition) is 1. The van der Waals surface area contributed by atoms with E-state index in [1.54, 1.807) is 13.2 Å². The molecule has 28 heavy (non-hydrogen) atoms. The number of para-hydroxylation sites is 1. The van der Waals surface area contributed by atoms with E-state index in [1.807, 2.05) is 42.7 Å². The van der Waals surface area contributed by atoms with Crippen molar-refractivity contribution in [1.29, 1.82) is 0 Å². The summed E-state index contributed by atoms with van der Waals surface area (Å²) in [4.78, 5) is 12.3. The second-order valence-electron chi connectivity index (χ2n) is 6.05. The molecule has 0 spiro atoms. The number of carbonyl (C=O) groups is 1. The number of rotatable bonds is 7. The van der Waals surface area contributed by atoms with Crippen LogP contribution in [0, 0.1) is 12.7 Å². The molecule has 6 nitrogen and oxygen atoms in total. The number of nitrogens with zero attached hydrogens (tertiary/aromatic N) is 3. The highest BCUT2D eigenvalue weighted by molar-refractivity contribution is 7.99. The van der Waals surface area contributed by atoms with Crippen LogP contribution in [0.3, 0.4) is 0 Å². The summed E-state index contributed by atoms with van der Waals surface area (Å²) in [5, 5.41) is 11.9. The molecule has 0 aliphatic heterocycles. The number of ether oxygens (including phenoxy) is 1. The van der Waals surface area contributed by atoms with Crippen LogP contribution in [-0.2, 0) is 11.3 Å². The molecule has 1 heterocycles. The number of aryl methyl sites for hydroxylation is 1. The third-order valence-electron chi connectivity index (χ3n) is 4.19. The Bertz CT molecular complexity index is 990. The summed E-state index contributed by atoms with van der Waals surface area (Å²) < 4.78 is 20.7. The van der Waals surface area contributed by atoms with E-state index in [-0.39, 0.29) is 17.5 Å². The first-order chi connectivity index (χ1) is 13.5. The summed E-state index contributed by atoms with van der Waals surface area (Å²) >= 11 is 1.28. The van der Waals surface area contributed by atoms with Crippen molar-refractivity contribution < 1.29 is 13.9 Å². The second kappa shape index (κ2) is 8.88. The highest BCUT2D eigenvalue weighted by Crippen LogP contribution is 2.30. The molecule has 1 aromatic heterocycles. The van der Waals surface area contributed by atoms with E-state index < -0.39 is 0 Å². The Balaban J connectivity index is 1.74. The molecular weight excluding hydrogens is 379 g/mol. The summed E-state index contributed by atoms with van der Waals surface area (Å²) in [6.45, 7) is 4.45. The number of aromatic nitrogens is 3. The van der Waals surface area contributed by atoms with Crippen molar-refractivity contribution in [3.8, 4) is 17.1 Å². The topological polar surface area (TPSA) is 69.0 Å². The molecule has 0 aliphatic carbocycles. The van der Waals surface area contributed by atoms with Crippen molar-refractivity contribution in [1.82, 2.24) is 14.8 Å². The molecule has 0 fully saturated rings. The van der Waals surface area contributed by atoms with Gasteiger partial charge in [-0.1, -0.05) is 30.0 Å². The largest absolute Gasteiger partial charge is 0.496 e. The smallest absolute Gasteiger partial charge is 0.234 e. The van der Waals surface area contributed by atoms with Crippen molar-refractivity contribution in [2.45, 2.75) is 25.5 Å². The number of carbonyl (C=O) groups excluding carboxylic acids is 1. The van der Waals surface area contributed by atoms with Gasteiger partial charge in [-0.3, -0.25) is 4.79 Å². The third kappa shape index (κ3) is 4.33. The fourth-order valence-electron chi connectivity index (χ4n) is 2.75. The van der Waals surface area contributed by atoms with Crippen molar-refractivity contribution >= 4 is 23.4 Å². The Kier molecular flexibility index (Phi) is 6.30. The van der Waals surface area contributed by atoms with E-state index >= 15 is 0 Å². The average Bonchev–Trinajstić information content (AvgIpc) is 3.11. The van der Waals surface area contributed by atoms with Gasteiger partial charge in [0.1, 0.15) is 11.6 Å². The maximum absolute atomic E-state index is 13.4. The first kappa shape index (κ1) is 19.9. The van der Waals surface area contributed by atoms with Gasteiger partial charge in [-0.25, -0.2) is 4.39 Å². The molecule has 0 aliphatic rings. The van der Waals surface area contributed by atoms with E-state index in [9.17, 15) is 9.18 Å². The van der Waals surface area contributed by atoms with Crippen LogP contribution in [0.25, 0.3) is 11.4 Å². The van der Waals surface area contributed by atoms with Gasteiger partial charge in [-0.05, 0) is 43.7 Å². The lowest BCUT2D eigenvalue weighted by atomic mass is 10.2. The Labute approximate surface area is 167 Å². The molecule has 3 rings (SSSR count). The van der Waals surface area contributed by atoms with E-state index in [0.29, 0.717) is 29.0 Å². The Hall–Kier alpha value is -2.87. The summed E-state index contributed by atoms with van der Waals surface area (Å²) in [6, 6.07) is 11.9. The molecule has 1 amide bonds. The monoisotopic (exact) mass is 400 g/mol. The number of anilines is 1. The van der Waals surface area contributed by atoms with Crippen LogP contribution in [-0.4, -0.2) is 33.5 Å². The van der Waals surface area contributed by atoms with Crippen LogP contribution in [0.4, 0.5) is 10.1 Å². The van der Waals surface area contributed by atoms with E-state index in [0.717, 1.165) is 11.1 Å². The van der Waals surface area contributed by atoms with Crippen molar-refractivity contribution in [2.24, 2.45) is 0 Å². The molecule has 146 valence electrons. The van der Waals surface area contributed by atoms with Gasteiger partial charge in [0.2, 0.25) is 5.91 Å². The van der Waals surface area contributed by atoms with Crippen molar-refractivity contribution in [3.63, 3.8) is 0 Å². The van der Waals surface area contributed by atoms with E-state index in [2.05, 4.69) is 15.5 Å². The summed E-state index contributed by atoms with van der Waals surface area (Å²) in [6.07, 6.45) is 0. The standard InChI is InChI=1S/C20H21FN4O2S/c1-4-25-19(15-7-5-6-8-17(15)27-3)23-24-20(25)28-12-18(26)22-16-11-14(21)10-9-13(16)2/h5-11H,4,12H2,1-3H3,(H,22,26). The molecular formula is C20H21FN4O2S. The lowest BCUT2D eigenvalue weighted by molar-refractivity contribution is -0.113. The van der Waals surface area contributed by atoms with Gasteiger partial charge in [0.25, 0.3) is 0 Å². The van der Waals surface area contributed by atoms with Crippen LogP contribution >= 0.6 is 11.8 Å². The number of methoxy groups -OCH3 is 1. The number of thioether (sulfide) groups is 1. The maximum atomic E-state index is 13.4. The highest BCUT2D eigenvalue weighted by atomic mass is 32.2. The molecule has 0 unspecified atom stereocenters. The predicted octanol–water partition coefficient (Wildman–Crippen LogP) is 4.15. The Morgan fingerprint density at radius 1 is 1.25 bits per heavy atom.